The van der Waals surface area contributed by atoms with Crippen molar-refractivity contribution >= 4 is 5.91 Å². The van der Waals surface area contributed by atoms with Crippen LogP contribution in [0.5, 0.6) is 0 Å². The molecule has 4 rings (SSSR count). The standard InChI is InChI=1S/C14H24N2O/c1-8(17)16-13(7-15)14-11-3-9-2-10(5-11)6-12(14)4-9/h9-14H,2-7,15H2,1H3,(H,16,17). The molecule has 0 spiro atoms. The number of nitrogens with two attached hydrogens (primary N) is 1. The lowest BCUT2D eigenvalue weighted by atomic mass is 9.50. The van der Waals surface area contributed by atoms with Gasteiger partial charge in [-0.2, -0.15) is 0 Å². The highest BCUT2D eigenvalue weighted by molar-refractivity contribution is 5.73. The molecule has 1 atom stereocenters. The number of hydrogen-bond donors (Lipinski definition) is 2. The third kappa shape index (κ3) is 1.99. The van der Waals surface area contributed by atoms with Gasteiger partial charge >= 0.3 is 0 Å². The average Bonchev–Trinajstić information content (AvgIpc) is 2.25. The molecule has 3 heteroatoms. The summed E-state index contributed by atoms with van der Waals surface area (Å²) in [6.07, 6.45) is 7.07. The molecule has 1 amide bonds. The molecule has 4 saturated carbocycles. The van der Waals surface area contributed by atoms with E-state index in [9.17, 15) is 4.79 Å². The van der Waals surface area contributed by atoms with Gasteiger partial charge in [-0.3, -0.25) is 4.79 Å². The summed E-state index contributed by atoms with van der Waals surface area (Å²) in [6, 6.07) is 0.225. The molecule has 3 N–H and O–H groups in total. The quantitative estimate of drug-likeness (QED) is 0.780. The van der Waals surface area contributed by atoms with Gasteiger partial charge in [0, 0.05) is 19.5 Å². The summed E-state index contributed by atoms with van der Waals surface area (Å²) in [7, 11) is 0. The van der Waals surface area contributed by atoms with Crippen LogP contribution in [0.2, 0.25) is 0 Å². The minimum absolute atomic E-state index is 0.0780. The van der Waals surface area contributed by atoms with Crippen molar-refractivity contribution in [1.82, 2.24) is 5.32 Å². The van der Waals surface area contributed by atoms with E-state index in [1.807, 2.05) is 0 Å². The molecule has 0 aromatic rings. The number of carbonyl (C=O) groups excluding carboxylic acids is 1. The van der Waals surface area contributed by atoms with E-state index in [1.54, 1.807) is 6.92 Å². The van der Waals surface area contributed by atoms with E-state index in [0.717, 1.165) is 23.7 Å². The molecule has 1 unspecified atom stereocenters. The highest BCUT2D eigenvalue weighted by Gasteiger charge is 2.50. The van der Waals surface area contributed by atoms with Crippen molar-refractivity contribution in [3.63, 3.8) is 0 Å². The molecule has 3 nitrogen and oxygen atoms in total. The van der Waals surface area contributed by atoms with E-state index in [0.29, 0.717) is 12.5 Å². The summed E-state index contributed by atoms with van der Waals surface area (Å²) >= 11 is 0. The summed E-state index contributed by atoms with van der Waals surface area (Å²) in [5, 5.41) is 3.09. The van der Waals surface area contributed by atoms with Gasteiger partial charge in [0.05, 0.1) is 0 Å². The van der Waals surface area contributed by atoms with Crippen LogP contribution in [0.3, 0.4) is 0 Å². The van der Waals surface area contributed by atoms with Crippen molar-refractivity contribution in [2.45, 2.75) is 45.1 Å². The summed E-state index contributed by atoms with van der Waals surface area (Å²) < 4.78 is 0. The summed E-state index contributed by atoms with van der Waals surface area (Å²) in [4.78, 5) is 11.3. The molecule has 4 bridgehead atoms. The minimum Gasteiger partial charge on any atom is -0.352 e. The molecule has 0 aromatic carbocycles. The van der Waals surface area contributed by atoms with E-state index in [4.69, 9.17) is 5.73 Å². The van der Waals surface area contributed by atoms with Crippen molar-refractivity contribution in [3.05, 3.63) is 0 Å². The van der Waals surface area contributed by atoms with Gasteiger partial charge in [0.15, 0.2) is 0 Å². The first kappa shape index (κ1) is 11.5. The highest BCUT2D eigenvalue weighted by atomic mass is 16.1. The lowest BCUT2D eigenvalue weighted by Crippen LogP contribution is -2.56. The maximum Gasteiger partial charge on any atom is 0.217 e. The third-order valence-corrected chi connectivity index (χ3v) is 5.41. The van der Waals surface area contributed by atoms with Crippen LogP contribution in [0, 0.1) is 29.6 Å². The monoisotopic (exact) mass is 236 g/mol. The number of hydrogen-bond acceptors (Lipinski definition) is 2. The third-order valence-electron chi connectivity index (χ3n) is 5.41. The van der Waals surface area contributed by atoms with Crippen LogP contribution in [-0.4, -0.2) is 18.5 Å². The first-order valence-electron chi connectivity index (χ1n) is 7.14. The predicted octanol–water partition coefficient (Wildman–Crippen LogP) is 1.52. The Hall–Kier alpha value is -0.570. The van der Waals surface area contributed by atoms with Crippen molar-refractivity contribution < 1.29 is 4.79 Å². The first-order chi connectivity index (χ1) is 8.17. The van der Waals surface area contributed by atoms with Crippen LogP contribution in [0.4, 0.5) is 0 Å². The fourth-order valence-corrected chi connectivity index (χ4v) is 5.20. The SMILES string of the molecule is CC(=O)NC(CN)C1C2CC3CC(C2)CC1C3. The smallest absolute Gasteiger partial charge is 0.217 e. The summed E-state index contributed by atoms with van der Waals surface area (Å²) in [5.41, 5.74) is 5.89. The Morgan fingerprint density at radius 1 is 1.18 bits per heavy atom. The number of nitrogens with one attached hydrogen (secondary N) is 1. The van der Waals surface area contributed by atoms with Crippen LogP contribution in [0.25, 0.3) is 0 Å². The van der Waals surface area contributed by atoms with Crippen LogP contribution in [-0.2, 0) is 4.79 Å². The van der Waals surface area contributed by atoms with E-state index in [1.165, 1.54) is 32.1 Å². The molecule has 96 valence electrons. The molecule has 0 saturated heterocycles. The fraction of sp³-hybridized carbons (Fsp3) is 0.929. The molecular weight excluding hydrogens is 212 g/mol. The molecule has 0 aromatic heterocycles. The van der Waals surface area contributed by atoms with Crippen molar-refractivity contribution in [2.24, 2.45) is 35.3 Å². The van der Waals surface area contributed by atoms with Gasteiger partial charge in [0.25, 0.3) is 0 Å². The molecule has 0 radical (unpaired) electrons. The molecule has 0 heterocycles. The second kappa shape index (κ2) is 4.27. The average molecular weight is 236 g/mol. The van der Waals surface area contributed by atoms with Gasteiger partial charge in [0.2, 0.25) is 5.91 Å². The Labute approximate surface area is 104 Å². The largest absolute Gasteiger partial charge is 0.352 e. The van der Waals surface area contributed by atoms with Crippen LogP contribution < -0.4 is 11.1 Å². The van der Waals surface area contributed by atoms with Crippen molar-refractivity contribution in [1.29, 1.82) is 0 Å². The second-order valence-corrected chi connectivity index (χ2v) is 6.55. The second-order valence-electron chi connectivity index (χ2n) is 6.55. The van der Waals surface area contributed by atoms with Crippen LogP contribution in [0.1, 0.15) is 39.0 Å². The molecule has 4 fully saturated rings. The number of rotatable bonds is 3. The van der Waals surface area contributed by atoms with Gasteiger partial charge < -0.3 is 11.1 Å². The zero-order valence-electron chi connectivity index (χ0n) is 10.7. The van der Waals surface area contributed by atoms with E-state index < -0.39 is 0 Å². The van der Waals surface area contributed by atoms with E-state index >= 15 is 0 Å². The molecule has 17 heavy (non-hydrogen) atoms. The molecule has 0 aliphatic heterocycles. The van der Waals surface area contributed by atoms with Gasteiger partial charge in [-0.25, -0.2) is 0 Å². The lowest BCUT2D eigenvalue weighted by molar-refractivity contribution is -0.121. The van der Waals surface area contributed by atoms with Gasteiger partial charge in [0.1, 0.15) is 0 Å². The summed E-state index contributed by atoms with van der Waals surface area (Å²) in [5.74, 6) is 4.40. The van der Waals surface area contributed by atoms with Crippen molar-refractivity contribution in [3.8, 4) is 0 Å². The zero-order valence-corrected chi connectivity index (χ0v) is 10.7. The Morgan fingerprint density at radius 2 is 1.71 bits per heavy atom. The Kier molecular flexibility index (Phi) is 2.89. The van der Waals surface area contributed by atoms with Gasteiger partial charge in [-0.1, -0.05) is 0 Å². The fourth-order valence-electron chi connectivity index (χ4n) is 5.20. The van der Waals surface area contributed by atoms with E-state index in [-0.39, 0.29) is 11.9 Å². The van der Waals surface area contributed by atoms with Crippen molar-refractivity contribution in [2.75, 3.05) is 6.54 Å². The first-order valence-corrected chi connectivity index (χ1v) is 7.14. The predicted molar refractivity (Wildman–Crippen MR) is 67.2 cm³/mol. The molecule has 4 aliphatic carbocycles. The van der Waals surface area contributed by atoms with Crippen LogP contribution in [0.15, 0.2) is 0 Å². The molecule has 4 aliphatic rings. The topological polar surface area (TPSA) is 55.1 Å². The van der Waals surface area contributed by atoms with E-state index in [2.05, 4.69) is 5.32 Å². The zero-order chi connectivity index (χ0) is 12.0. The Balaban J connectivity index is 1.76. The molecular formula is C14H24N2O. The van der Waals surface area contributed by atoms with Crippen LogP contribution >= 0.6 is 0 Å². The van der Waals surface area contributed by atoms with Gasteiger partial charge in [-0.15, -0.1) is 0 Å². The van der Waals surface area contributed by atoms with Gasteiger partial charge in [-0.05, 0) is 61.7 Å². The maximum absolute atomic E-state index is 11.3. The number of carbonyl (C=O) groups is 1. The normalized spacial score (nSPS) is 44.7. The summed E-state index contributed by atoms with van der Waals surface area (Å²) in [6.45, 7) is 2.21. The maximum atomic E-state index is 11.3. The number of amides is 1. The Morgan fingerprint density at radius 3 is 2.12 bits per heavy atom. The highest BCUT2D eigenvalue weighted by Crippen LogP contribution is 2.57. The minimum atomic E-state index is 0.0780. The Bertz CT molecular complexity index is 287. The lowest BCUT2D eigenvalue weighted by Gasteiger charge is -2.56.